The molecule has 0 radical (unpaired) electrons. The smallest absolute Gasteiger partial charge is 0.251 e. The maximum atomic E-state index is 12.5. The van der Waals surface area contributed by atoms with Crippen LogP contribution in [0.25, 0.3) is 0 Å². The van der Waals surface area contributed by atoms with Gasteiger partial charge in [-0.3, -0.25) is 9.10 Å². The van der Waals surface area contributed by atoms with Crippen LogP contribution in [-0.4, -0.2) is 34.2 Å². The predicted octanol–water partition coefficient (Wildman–Crippen LogP) is 5.26. The first-order chi connectivity index (χ1) is 15.2. The Balaban J connectivity index is 2.10. The summed E-state index contributed by atoms with van der Waals surface area (Å²) < 4.78 is 31.2. The Labute approximate surface area is 197 Å². The van der Waals surface area contributed by atoms with Gasteiger partial charge in [0.05, 0.1) is 30.6 Å². The van der Waals surface area contributed by atoms with Crippen LogP contribution < -0.4 is 14.4 Å². The molecule has 0 bridgehead atoms. The van der Waals surface area contributed by atoms with Crippen molar-refractivity contribution in [1.82, 2.24) is 5.32 Å². The van der Waals surface area contributed by atoms with Crippen molar-refractivity contribution >= 4 is 33.2 Å². The van der Waals surface area contributed by atoms with E-state index in [9.17, 15) is 13.2 Å². The molecule has 0 aliphatic rings. The van der Waals surface area contributed by atoms with Crippen LogP contribution in [0.4, 0.5) is 5.69 Å². The van der Waals surface area contributed by atoms with Crippen LogP contribution in [0, 0.1) is 5.92 Å². The number of sulfonamides is 1. The number of nitrogens with zero attached hydrogens (tertiary/aromatic N) is 1. The third-order valence-electron chi connectivity index (χ3n) is 5.46. The second-order valence-electron chi connectivity index (χ2n) is 7.91. The zero-order valence-corrected chi connectivity index (χ0v) is 20.8. The average Bonchev–Trinajstić information content (AvgIpc) is 2.77. The van der Waals surface area contributed by atoms with E-state index in [2.05, 4.69) is 19.2 Å². The van der Waals surface area contributed by atoms with Crippen molar-refractivity contribution in [2.24, 2.45) is 5.92 Å². The Hall–Kier alpha value is -2.25. The fourth-order valence-electron chi connectivity index (χ4n) is 3.42. The topological polar surface area (TPSA) is 75.7 Å². The normalized spacial score (nSPS) is 12.3. The molecule has 176 valence electrons. The van der Waals surface area contributed by atoms with Crippen molar-refractivity contribution in [3.8, 4) is 5.75 Å². The van der Waals surface area contributed by atoms with Gasteiger partial charge in [-0.1, -0.05) is 56.8 Å². The Morgan fingerprint density at radius 1 is 1.16 bits per heavy atom. The summed E-state index contributed by atoms with van der Waals surface area (Å²) in [5.74, 6) is 0.838. The largest absolute Gasteiger partial charge is 0.495 e. The standard InChI is InChI=1S/C24H33ClN2O4S/c1-5-7-8-18(6-2)16-26-24(28)20-11-9-19(10-12-20)17-27(32(4,29)30)21-13-14-23(31-3)22(25)15-21/h9-15,18H,5-8,16-17H2,1-4H3,(H,26,28)/t18-/m0/s1. The number of nitrogens with one attached hydrogen (secondary N) is 1. The van der Waals surface area contributed by atoms with E-state index in [-0.39, 0.29) is 12.5 Å². The molecule has 0 saturated carbocycles. The van der Waals surface area contributed by atoms with Gasteiger partial charge in [0, 0.05) is 12.1 Å². The molecule has 0 spiro atoms. The monoisotopic (exact) mass is 480 g/mol. The Morgan fingerprint density at radius 3 is 2.38 bits per heavy atom. The van der Waals surface area contributed by atoms with Gasteiger partial charge in [0.2, 0.25) is 10.0 Å². The number of carbonyl (C=O) groups excluding carboxylic acids is 1. The lowest BCUT2D eigenvalue weighted by molar-refractivity contribution is 0.0946. The van der Waals surface area contributed by atoms with E-state index in [1.54, 1.807) is 42.5 Å². The number of hydrogen-bond acceptors (Lipinski definition) is 4. The van der Waals surface area contributed by atoms with E-state index in [0.29, 0.717) is 34.5 Å². The minimum absolute atomic E-state index is 0.117. The van der Waals surface area contributed by atoms with Gasteiger partial charge in [-0.2, -0.15) is 0 Å². The summed E-state index contributed by atoms with van der Waals surface area (Å²) in [4.78, 5) is 12.5. The highest BCUT2D eigenvalue weighted by atomic mass is 35.5. The Bertz CT molecular complexity index is 994. The number of ether oxygens (including phenoxy) is 1. The molecule has 1 N–H and O–H groups in total. The zero-order chi connectivity index (χ0) is 23.7. The third-order valence-corrected chi connectivity index (χ3v) is 6.90. The zero-order valence-electron chi connectivity index (χ0n) is 19.2. The third kappa shape index (κ3) is 7.41. The Kier molecular flexibility index (Phi) is 9.84. The SMILES string of the molecule is CCCC[C@H](CC)CNC(=O)c1ccc(CN(c2ccc(OC)c(Cl)c2)S(C)(=O)=O)cc1. The summed E-state index contributed by atoms with van der Waals surface area (Å²) in [6, 6.07) is 11.8. The van der Waals surface area contributed by atoms with Crippen molar-refractivity contribution in [3.05, 3.63) is 58.6 Å². The lowest BCUT2D eigenvalue weighted by atomic mass is 9.99. The minimum atomic E-state index is -3.55. The van der Waals surface area contributed by atoms with Crippen LogP contribution in [0.5, 0.6) is 5.75 Å². The molecular formula is C24H33ClN2O4S. The van der Waals surface area contributed by atoms with Gasteiger partial charge in [-0.25, -0.2) is 8.42 Å². The van der Waals surface area contributed by atoms with E-state index in [1.165, 1.54) is 17.8 Å². The molecule has 2 aromatic carbocycles. The molecule has 2 rings (SSSR count). The highest BCUT2D eigenvalue weighted by Crippen LogP contribution is 2.31. The van der Waals surface area contributed by atoms with Crippen molar-refractivity contribution in [2.75, 3.05) is 24.2 Å². The fraction of sp³-hybridized carbons (Fsp3) is 0.458. The number of unbranched alkanes of at least 4 members (excludes halogenated alkanes) is 1. The van der Waals surface area contributed by atoms with Gasteiger partial charge in [-0.15, -0.1) is 0 Å². The van der Waals surface area contributed by atoms with Crippen molar-refractivity contribution < 1.29 is 17.9 Å². The predicted molar refractivity (Wildman–Crippen MR) is 131 cm³/mol. The molecule has 0 unspecified atom stereocenters. The summed E-state index contributed by atoms with van der Waals surface area (Å²) in [6.45, 7) is 5.10. The molecule has 32 heavy (non-hydrogen) atoms. The highest BCUT2D eigenvalue weighted by molar-refractivity contribution is 7.92. The van der Waals surface area contributed by atoms with Crippen molar-refractivity contribution in [3.63, 3.8) is 0 Å². The first kappa shape index (κ1) is 26.0. The van der Waals surface area contributed by atoms with E-state index in [1.807, 2.05) is 0 Å². The molecule has 0 aliphatic heterocycles. The van der Waals surface area contributed by atoms with Crippen molar-refractivity contribution in [1.29, 1.82) is 0 Å². The first-order valence-corrected chi connectivity index (χ1v) is 13.1. The number of anilines is 1. The van der Waals surface area contributed by atoms with Gasteiger partial charge in [-0.05, 0) is 48.2 Å². The molecular weight excluding hydrogens is 448 g/mol. The minimum Gasteiger partial charge on any atom is -0.495 e. The van der Waals surface area contributed by atoms with Crippen LogP contribution in [0.3, 0.4) is 0 Å². The molecule has 6 nitrogen and oxygen atoms in total. The first-order valence-electron chi connectivity index (χ1n) is 10.9. The molecule has 2 aromatic rings. The van der Waals surface area contributed by atoms with Crippen LogP contribution in [-0.2, 0) is 16.6 Å². The summed E-state index contributed by atoms with van der Waals surface area (Å²) >= 11 is 6.18. The molecule has 1 atom stereocenters. The number of hydrogen-bond donors (Lipinski definition) is 1. The molecule has 8 heteroatoms. The van der Waals surface area contributed by atoms with Crippen LogP contribution in [0.15, 0.2) is 42.5 Å². The average molecular weight is 481 g/mol. The number of rotatable bonds is 12. The van der Waals surface area contributed by atoms with E-state index < -0.39 is 10.0 Å². The molecule has 0 aromatic heterocycles. The molecule has 0 fully saturated rings. The van der Waals surface area contributed by atoms with Crippen LogP contribution in [0.1, 0.15) is 55.5 Å². The number of benzene rings is 2. The van der Waals surface area contributed by atoms with Crippen molar-refractivity contribution in [2.45, 2.75) is 46.1 Å². The summed E-state index contributed by atoms with van der Waals surface area (Å²) in [5, 5.41) is 3.34. The fourth-order valence-corrected chi connectivity index (χ4v) is 4.55. The number of carbonyl (C=O) groups is 1. The lowest BCUT2D eigenvalue weighted by Gasteiger charge is -2.23. The van der Waals surface area contributed by atoms with E-state index in [0.717, 1.165) is 31.1 Å². The van der Waals surface area contributed by atoms with Gasteiger partial charge < -0.3 is 10.1 Å². The van der Waals surface area contributed by atoms with Crippen LogP contribution in [0.2, 0.25) is 5.02 Å². The number of methoxy groups -OCH3 is 1. The number of halogens is 1. The highest BCUT2D eigenvalue weighted by Gasteiger charge is 2.19. The molecule has 0 saturated heterocycles. The summed E-state index contributed by atoms with van der Waals surface area (Å²) in [5.41, 5.74) is 1.75. The summed E-state index contributed by atoms with van der Waals surface area (Å²) in [6.07, 6.45) is 5.62. The quantitative estimate of drug-likeness (QED) is 0.449. The van der Waals surface area contributed by atoms with E-state index in [4.69, 9.17) is 16.3 Å². The number of amides is 1. The van der Waals surface area contributed by atoms with Gasteiger partial charge in [0.15, 0.2) is 0 Å². The van der Waals surface area contributed by atoms with Crippen LogP contribution >= 0.6 is 11.6 Å². The maximum Gasteiger partial charge on any atom is 0.251 e. The molecule has 0 heterocycles. The van der Waals surface area contributed by atoms with E-state index >= 15 is 0 Å². The molecule has 1 amide bonds. The lowest BCUT2D eigenvalue weighted by Crippen LogP contribution is -2.30. The second kappa shape index (κ2) is 12.1. The second-order valence-corrected chi connectivity index (χ2v) is 10.2. The summed E-state index contributed by atoms with van der Waals surface area (Å²) in [7, 11) is -2.05. The molecule has 0 aliphatic carbocycles. The van der Waals surface area contributed by atoms with Gasteiger partial charge >= 0.3 is 0 Å². The van der Waals surface area contributed by atoms with Gasteiger partial charge in [0.25, 0.3) is 5.91 Å². The van der Waals surface area contributed by atoms with Gasteiger partial charge in [0.1, 0.15) is 5.75 Å². The maximum absolute atomic E-state index is 12.5. The Morgan fingerprint density at radius 2 is 1.84 bits per heavy atom.